The molecule has 0 saturated carbocycles. The fraction of sp³-hybridized carbons (Fsp3) is 0.286. The summed E-state index contributed by atoms with van der Waals surface area (Å²) in [5, 5.41) is 0. The third-order valence-corrected chi connectivity index (χ3v) is 4.38. The van der Waals surface area contributed by atoms with E-state index in [0.29, 0.717) is 23.5 Å². The van der Waals surface area contributed by atoms with E-state index in [1.54, 1.807) is 46.4 Å². The third kappa shape index (κ3) is 4.22. The lowest BCUT2D eigenvalue weighted by atomic mass is 10.1. The topological polar surface area (TPSA) is 51.0 Å². The monoisotopic (exact) mass is 366 g/mol. The molecule has 6 heteroatoms. The van der Waals surface area contributed by atoms with E-state index in [1.807, 2.05) is 33.9 Å². The van der Waals surface area contributed by atoms with Crippen molar-refractivity contribution < 1.29 is 9.18 Å². The first-order chi connectivity index (χ1) is 12.8. The number of aromatic nitrogens is 3. The standard InChI is InChI=1S/C21H23FN4O/c1-14(2)26(21(27)20-12-25(4)13-24-20)11-16-6-7-18(22)17(9-16)19-8-5-15(3)10-23-19/h5-10,12-14H,11H2,1-4H3. The van der Waals surface area contributed by atoms with Crippen LogP contribution in [0.3, 0.4) is 0 Å². The summed E-state index contributed by atoms with van der Waals surface area (Å²) in [6.07, 6.45) is 5.02. The first-order valence-electron chi connectivity index (χ1n) is 8.85. The lowest BCUT2D eigenvalue weighted by molar-refractivity contribution is 0.0684. The Labute approximate surface area is 158 Å². The van der Waals surface area contributed by atoms with Gasteiger partial charge in [-0.05, 0) is 50.1 Å². The van der Waals surface area contributed by atoms with Gasteiger partial charge in [-0.1, -0.05) is 12.1 Å². The minimum atomic E-state index is -0.331. The molecule has 0 aliphatic carbocycles. The van der Waals surface area contributed by atoms with Crippen LogP contribution in [0.1, 0.15) is 35.5 Å². The van der Waals surface area contributed by atoms with E-state index < -0.39 is 0 Å². The van der Waals surface area contributed by atoms with E-state index in [-0.39, 0.29) is 17.8 Å². The van der Waals surface area contributed by atoms with E-state index in [0.717, 1.165) is 11.1 Å². The number of pyridine rings is 1. The van der Waals surface area contributed by atoms with Crippen LogP contribution in [-0.4, -0.2) is 31.4 Å². The average molecular weight is 366 g/mol. The van der Waals surface area contributed by atoms with Crippen molar-refractivity contribution in [3.63, 3.8) is 0 Å². The highest BCUT2D eigenvalue weighted by molar-refractivity contribution is 5.92. The fourth-order valence-corrected chi connectivity index (χ4v) is 2.85. The van der Waals surface area contributed by atoms with Crippen LogP contribution >= 0.6 is 0 Å². The number of hydrogen-bond acceptors (Lipinski definition) is 3. The van der Waals surface area contributed by atoms with Gasteiger partial charge in [0.05, 0.1) is 12.0 Å². The highest BCUT2D eigenvalue weighted by Gasteiger charge is 2.21. The van der Waals surface area contributed by atoms with Crippen LogP contribution < -0.4 is 0 Å². The maximum Gasteiger partial charge on any atom is 0.274 e. The average Bonchev–Trinajstić information content (AvgIpc) is 3.07. The molecule has 0 aliphatic heterocycles. The molecule has 0 fully saturated rings. The molecule has 1 amide bonds. The summed E-state index contributed by atoms with van der Waals surface area (Å²) in [5.41, 5.74) is 3.26. The summed E-state index contributed by atoms with van der Waals surface area (Å²) in [5.74, 6) is -0.479. The zero-order chi connectivity index (χ0) is 19.6. The molecule has 2 aromatic heterocycles. The van der Waals surface area contributed by atoms with E-state index in [4.69, 9.17) is 0 Å². The minimum absolute atomic E-state index is 0.0227. The molecule has 140 valence electrons. The summed E-state index contributed by atoms with van der Waals surface area (Å²) in [4.78, 5) is 23.0. The molecule has 0 saturated heterocycles. The SMILES string of the molecule is Cc1ccc(-c2cc(CN(C(=O)c3cn(C)cn3)C(C)C)ccc2F)nc1. The number of benzene rings is 1. The zero-order valence-corrected chi connectivity index (χ0v) is 16.0. The van der Waals surface area contributed by atoms with Crippen molar-refractivity contribution in [2.75, 3.05) is 0 Å². The number of carbonyl (C=O) groups is 1. The maximum absolute atomic E-state index is 14.3. The van der Waals surface area contributed by atoms with Gasteiger partial charge in [0.15, 0.2) is 0 Å². The molecule has 3 aromatic rings. The van der Waals surface area contributed by atoms with Gasteiger partial charge in [-0.2, -0.15) is 0 Å². The number of rotatable bonds is 5. The van der Waals surface area contributed by atoms with E-state index in [1.165, 1.54) is 6.07 Å². The number of carbonyl (C=O) groups excluding carboxylic acids is 1. The number of hydrogen-bond donors (Lipinski definition) is 0. The van der Waals surface area contributed by atoms with Crippen LogP contribution in [0.4, 0.5) is 4.39 Å². The van der Waals surface area contributed by atoms with Gasteiger partial charge < -0.3 is 9.47 Å². The second-order valence-corrected chi connectivity index (χ2v) is 6.99. The second kappa shape index (κ2) is 7.70. The van der Waals surface area contributed by atoms with Crippen molar-refractivity contribution in [2.24, 2.45) is 7.05 Å². The van der Waals surface area contributed by atoms with Gasteiger partial charge in [0.1, 0.15) is 11.5 Å². The molecule has 0 N–H and O–H groups in total. The molecule has 2 heterocycles. The van der Waals surface area contributed by atoms with Crippen molar-refractivity contribution in [3.8, 4) is 11.3 Å². The molecule has 0 radical (unpaired) electrons. The number of nitrogens with zero attached hydrogens (tertiary/aromatic N) is 4. The Balaban J connectivity index is 1.89. The number of halogens is 1. The molecular weight excluding hydrogens is 343 g/mol. The summed E-state index contributed by atoms with van der Waals surface area (Å²) >= 11 is 0. The zero-order valence-electron chi connectivity index (χ0n) is 16.0. The van der Waals surface area contributed by atoms with Gasteiger partial charge in [0, 0.05) is 37.6 Å². The quantitative estimate of drug-likeness (QED) is 0.686. The normalized spacial score (nSPS) is 11.0. The van der Waals surface area contributed by atoms with E-state index in [9.17, 15) is 9.18 Å². The molecule has 0 aliphatic rings. The molecule has 0 unspecified atom stereocenters. The Morgan fingerprint density at radius 3 is 2.59 bits per heavy atom. The van der Waals surface area contributed by atoms with Gasteiger partial charge in [0.2, 0.25) is 0 Å². The van der Waals surface area contributed by atoms with Crippen molar-refractivity contribution in [1.29, 1.82) is 0 Å². The van der Waals surface area contributed by atoms with Gasteiger partial charge in [-0.3, -0.25) is 9.78 Å². The van der Waals surface area contributed by atoms with Crippen molar-refractivity contribution in [3.05, 3.63) is 71.7 Å². The Hall–Kier alpha value is -3.02. The Bertz CT molecular complexity index is 947. The van der Waals surface area contributed by atoms with Gasteiger partial charge >= 0.3 is 0 Å². The molecule has 5 nitrogen and oxygen atoms in total. The maximum atomic E-state index is 14.3. The van der Waals surface area contributed by atoms with Gasteiger partial charge in [0.25, 0.3) is 5.91 Å². The van der Waals surface area contributed by atoms with Crippen LogP contribution in [-0.2, 0) is 13.6 Å². The van der Waals surface area contributed by atoms with Crippen LogP contribution in [0.5, 0.6) is 0 Å². The first kappa shape index (κ1) is 18.8. The van der Waals surface area contributed by atoms with Crippen molar-refractivity contribution in [1.82, 2.24) is 19.4 Å². The highest BCUT2D eigenvalue weighted by Crippen LogP contribution is 2.24. The molecular formula is C21H23FN4O. The number of imidazole rings is 1. The smallest absolute Gasteiger partial charge is 0.274 e. The Kier molecular flexibility index (Phi) is 5.35. The Morgan fingerprint density at radius 2 is 2.00 bits per heavy atom. The van der Waals surface area contributed by atoms with E-state index in [2.05, 4.69) is 9.97 Å². The summed E-state index contributed by atoms with van der Waals surface area (Å²) in [7, 11) is 1.82. The second-order valence-electron chi connectivity index (χ2n) is 6.99. The molecule has 1 aromatic carbocycles. The molecule has 0 atom stereocenters. The Morgan fingerprint density at radius 1 is 1.22 bits per heavy atom. The van der Waals surface area contributed by atoms with Crippen LogP contribution in [0.25, 0.3) is 11.3 Å². The number of aryl methyl sites for hydroxylation is 2. The van der Waals surface area contributed by atoms with Crippen molar-refractivity contribution in [2.45, 2.75) is 33.4 Å². The van der Waals surface area contributed by atoms with Crippen LogP contribution in [0.15, 0.2) is 49.1 Å². The van der Waals surface area contributed by atoms with Gasteiger partial charge in [-0.25, -0.2) is 9.37 Å². The minimum Gasteiger partial charge on any atom is -0.340 e. The summed E-state index contributed by atoms with van der Waals surface area (Å²) in [6, 6.07) is 8.57. The lowest BCUT2D eigenvalue weighted by Crippen LogP contribution is -2.36. The van der Waals surface area contributed by atoms with Gasteiger partial charge in [-0.15, -0.1) is 0 Å². The predicted octanol–water partition coefficient (Wildman–Crippen LogP) is 3.98. The third-order valence-electron chi connectivity index (χ3n) is 4.38. The molecule has 27 heavy (non-hydrogen) atoms. The molecule has 3 rings (SSSR count). The first-order valence-corrected chi connectivity index (χ1v) is 8.85. The predicted molar refractivity (Wildman–Crippen MR) is 103 cm³/mol. The van der Waals surface area contributed by atoms with Crippen molar-refractivity contribution >= 4 is 5.91 Å². The largest absolute Gasteiger partial charge is 0.340 e. The van der Waals surface area contributed by atoms with Crippen LogP contribution in [0, 0.1) is 12.7 Å². The molecule has 0 bridgehead atoms. The van der Waals surface area contributed by atoms with Crippen LogP contribution in [0.2, 0.25) is 0 Å². The molecule has 0 spiro atoms. The summed E-state index contributed by atoms with van der Waals surface area (Å²) in [6.45, 7) is 6.21. The fourth-order valence-electron chi connectivity index (χ4n) is 2.85. The lowest BCUT2D eigenvalue weighted by Gasteiger charge is -2.26. The number of amides is 1. The van der Waals surface area contributed by atoms with E-state index >= 15 is 0 Å². The summed E-state index contributed by atoms with van der Waals surface area (Å²) < 4.78 is 16.1. The highest BCUT2D eigenvalue weighted by atomic mass is 19.1.